The van der Waals surface area contributed by atoms with Crippen LogP contribution >= 0.6 is 34.4 Å². The fourth-order valence-electron chi connectivity index (χ4n) is 2.12. The van der Waals surface area contributed by atoms with E-state index in [-0.39, 0.29) is 12.6 Å². The number of carbonyl (C=O) groups excluding carboxylic acids is 1. The van der Waals surface area contributed by atoms with E-state index < -0.39 is 0 Å². The van der Waals surface area contributed by atoms with Gasteiger partial charge in [0.15, 0.2) is 6.61 Å². The molecular weight excluding hydrogens is 338 g/mol. The summed E-state index contributed by atoms with van der Waals surface area (Å²) in [5.41, 5.74) is 1.02. The number of carbonyl (C=O) groups is 1. The molecule has 0 saturated carbocycles. The molecule has 3 rings (SSSR count). The van der Waals surface area contributed by atoms with Gasteiger partial charge in [0.2, 0.25) is 0 Å². The maximum Gasteiger partial charge on any atom is 0.344 e. The van der Waals surface area contributed by atoms with Gasteiger partial charge in [0, 0.05) is 17.2 Å². The number of rotatable bonds is 6. The van der Waals surface area contributed by atoms with Crippen LogP contribution in [0.4, 0.5) is 0 Å². The first kappa shape index (κ1) is 15.6. The van der Waals surface area contributed by atoms with Gasteiger partial charge < -0.3 is 9.47 Å². The number of thioether (sulfide) groups is 1. The van der Waals surface area contributed by atoms with Gasteiger partial charge in [0.05, 0.1) is 19.9 Å². The first-order chi connectivity index (χ1) is 10.7. The van der Waals surface area contributed by atoms with Crippen LogP contribution in [0.2, 0.25) is 0 Å². The van der Waals surface area contributed by atoms with Crippen LogP contribution in [0.15, 0.2) is 17.5 Å². The van der Waals surface area contributed by atoms with Gasteiger partial charge in [-0.3, -0.25) is 0 Å². The van der Waals surface area contributed by atoms with Crippen molar-refractivity contribution >= 4 is 60.7 Å². The molecule has 0 amide bonds. The van der Waals surface area contributed by atoms with Crippen molar-refractivity contribution in [2.45, 2.75) is 6.92 Å². The number of ether oxygens (including phenoxy) is 2. The largest absolute Gasteiger partial charge is 0.481 e. The van der Waals surface area contributed by atoms with Crippen LogP contribution in [-0.4, -0.2) is 36.2 Å². The van der Waals surface area contributed by atoms with Crippen molar-refractivity contribution in [3.8, 4) is 5.75 Å². The van der Waals surface area contributed by atoms with Crippen LogP contribution in [-0.2, 0) is 9.53 Å². The Hall–Kier alpha value is -1.31. The lowest BCUT2D eigenvalue weighted by Gasteiger charge is -2.08. The van der Waals surface area contributed by atoms with Gasteiger partial charge in [0.25, 0.3) is 0 Å². The standard InChI is InChI=1S/C15H15NO3S3/c1-9-16-14-12(22-9)7-11(10-3-5-21-15(10)14)19-8-13(17)18-4-6-20-2/h3,5,7H,4,6,8H2,1-2H3. The number of thiazole rings is 1. The Bertz CT molecular complexity index is 809. The molecule has 22 heavy (non-hydrogen) atoms. The molecule has 0 aliphatic rings. The first-order valence-electron chi connectivity index (χ1n) is 6.73. The molecule has 0 radical (unpaired) electrons. The molecule has 0 aliphatic heterocycles. The molecule has 2 aromatic heterocycles. The number of thiophene rings is 1. The summed E-state index contributed by atoms with van der Waals surface area (Å²) in [6.45, 7) is 2.35. The second kappa shape index (κ2) is 6.85. The van der Waals surface area contributed by atoms with Gasteiger partial charge in [-0.2, -0.15) is 11.8 Å². The summed E-state index contributed by atoms with van der Waals surface area (Å²) in [7, 11) is 0. The molecular formula is C15H15NO3S3. The van der Waals surface area contributed by atoms with E-state index in [2.05, 4.69) is 4.98 Å². The van der Waals surface area contributed by atoms with Crippen molar-refractivity contribution in [2.24, 2.45) is 0 Å². The molecule has 0 unspecified atom stereocenters. The highest BCUT2D eigenvalue weighted by molar-refractivity contribution is 7.98. The topological polar surface area (TPSA) is 48.4 Å². The second-order valence-electron chi connectivity index (χ2n) is 4.62. The number of aryl methyl sites for hydroxylation is 1. The van der Waals surface area contributed by atoms with Gasteiger partial charge >= 0.3 is 5.97 Å². The molecule has 0 spiro atoms. The highest BCUT2D eigenvalue weighted by atomic mass is 32.2. The van der Waals surface area contributed by atoms with Crippen LogP contribution in [0.1, 0.15) is 5.01 Å². The Morgan fingerprint density at radius 2 is 2.32 bits per heavy atom. The van der Waals surface area contributed by atoms with Gasteiger partial charge in [-0.15, -0.1) is 22.7 Å². The Morgan fingerprint density at radius 1 is 1.45 bits per heavy atom. The predicted octanol–water partition coefficient (Wildman–Crippen LogP) is 4.10. The highest BCUT2D eigenvalue weighted by Gasteiger charge is 2.13. The fraction of sp³-hybridized carbons (Fsp3) is 0.333. The fourth-order valence-corrected chi connectivity index (χ4v) is 4.21. The van der Waals surface area contributed by atoms with Crippen molar-refractivity contribution in [3.63, 3.8) is 0 Å². The molecule has 3 aromatic rings. The van der Waals surface area contributed by atoms with E-state index in [0.29, 0.717) is 12.4 Å². The Labute approximate surface area is 140 Å². The molecule has 116 valence electrons. The monoisotopic (exact) mass is 353 g/mol. The van der Waals surface area contributed by atoms with Gasteiger partial charge in [-0.05, 0) is 24.6 Å². The van der Waals surface area contributed by atoms with E-state index in [1.165, 1.54) is 0 Å². The molecule has 4 nitrogen and oxygen atoms in total. The minimum absolute atomic E-state index is 0.0668. The second-order valence-corrected chi connectivity index (χ2v) is 7.76. The number of benzene rings is 1. The third-order valence-electron chi connectivity index (χ3n) is 3.06. The average molecular weight is 353 g/mol. The average Bonchev–Trinajstić information content (AvgIpc) is 3.10. The van der Waals surface area contributed by atoms with Gasteiger partial charge in [-0.25, -0.2) is 9.78 Å². The summed E-state index contributed by atoms with van der Waals surface area (Å²) in [5.74, 6) is 1.18. The number of aromatic nitrogens is 1. The van der Waals surface area contributed by atoms with Crippen molar-refractivity contribution in [3.05, 3.63) is 22.5 Å². The predicted molar refractivity (Wildman–Crippen MR) is 94.6 cm³/mol. The summed E-state index contributed by atoms with van der Waals surface area (Å²) < 4.78 is 13.0. The van der Waals surface area contributed by atoms with Crippen LogP contribution in [0.5, 0.6) is 5.75 Å². The van der Waals surface area contributed by atoms with Crippen LogP contribution < -0.4 is 4.74 Å². The lowest BCUT2D eigenvalue weighted by Crippen LogP contribution is -2.16. The van der Waals surface area contributed by atoms with E-state index in [4.69, 9.17) is 9.47 Å². The number of esters is 1. The van der Waals surface area contributed by atoms with E-state index in [0.717, 1.165) is 31.1 Å². The lowest BCUT2D eigenvalue weighted by atomic mass is 10.2. The number of nitrogens with zero attached hydrogens (tertiary/aromatic N) is 1. The van der Waals surface area contributed by atoms with Crippen molar-refractivity contribution in [1.82, 2.24) is 4.98 Å². The summed E-state index contributed by atoms with van der Waals surface area (Å²) >= 11 is 4.92. The molecule has 2 heterocycles. The number of hydrogen-bond donors (Lipinski definition) is 0. The third kappa shape index (κ3) is 3.21. The smallest absolute Gasteiger partial charge is 0.344 e. The van der Waals surface area contributed by atoms with E-state index in [1.54, 1.807) is 34.4 Å². The van der Waals surface area contributed by atoms with Gasteiger partial charge in [-0.1, -0.05) is 0 Å². The maximum absolute atomic E-state index is 11.7. The minimum atomic E-state index is -0.335. The zero-order valence-electron chi connectivity index (χ0n) is 12.3. The third-order valence-corrected chi connectivity index (χ3v) is 5.48. The summed E-state index contributed by atoms with van der Waals surface area (Å²) in [6, 6.07) is 3.97. The number of hydrogen-bond acceptors (Lipinski definition) is 7. The maximum atomic E-state index is 11.7. The quantitative estimate of drug-likeness (QED) is 0.493. The molecule has 7 heteroatoms. The zero-order chi connectivity index (χ0) is 15.5. The zero-order valence-corrected chi connectivity index (χ0v) is 14.7. The van der Waals surface area contributed by atoms with Crippen LogP contribution in [0, 0.1) is 6.92 Å². The summed E-state index contributed by atoms with van der Waals surface area (Å²) in [6.07, 6.45) is 1.98. The lowest BCUT2D eigenvalue weighted by molar-refractivity contribution is -0.145. The SMILES string of the molecule is CSCCOC(=O)COc1cc2sc(C)nc2c2sccc12. The molecule has 0 saturated heterocycles. The Kier molecular flexibility index (Phi) is 4.85. The van der Waals surface area contributed by atoms with Crippen molar-refractivity contribution < 1.29 is 14.3 Å². The van der Waals surface area contributed by atoms with Crippen LogP contribution in [0.3, 0.4) is 0 Å². The number of fused-ring (bicyclic) bond motifs is 3. The Morgan fingerprint density at radius 3 is 3.14 bits per heavy atom. The normalized spacial score (nSPS) is 11.2. The van der Waals surface area contributed by atoms with E-state index in [9.17, 15) is 4.79 Å². The van der Waals surface area contributed by atoms with Crippen molar-refractivity contribution in [1.29, 1.82) is 0 Å². The van der Waals surface area contributed by atoms with Crippen LogP contribution in [0.25, 0.3) is 20.3 Å². The minimum Gasteiger partial charge on any atom is -0.481 e. The molecule has 0 fully saturated rings. The molecule has 0 atom stereocenters. The molecule has 0 N–H and O–H groups in total. The van der Waals surface area contributed by atoms with E-state index >= 15 is 0 Å². The molecule has 1 aromatic carbocycles. The van der Waals surface area contributed by atoms with Crippen molar-refractivity contribution in [2.75, 3.05) is 25.2 Å². The summed E-state index contributed by atoms with van der Waals surface area (Å²) in [4.78, 5) is 16.2. The molecule has 0 bridgehead atoms. The summed E-state index contributed by atoms with van der Waals surface area (Å²) in [5, 5.41) is 4.04. The van der Waals surface area contributed by atoms with E-state index in [1.807, 2.05) is 30.7 Å². The Balaban J connectivity index is 1.80. The first-order valence-corrected chi connectivity index (χ1v) is 9.82. The van der Waals surface area contributed by atoms with Gasteiger partial charge in [0.1, 0.15) is 12.4 Å². The molecule has 0 aliphatic carbocycles. The highest BCUT2D eigenvalue weighted by Crippen LogP contribution is 2.38.